The Bertz CT molecular complexity index is 1020. The van der Waals surface area contributed by atoms with Crippen LogP contribution in [0, 0.1) is 5.92 Å². The van der Waals surface area contributed by atoms with Crippen molar-refractivity contribution in [2.45, 2.75) is 58.2 Å². The number of pyridine rings is 1. The van der Waals surface area contributed by atoms with Crippen molar-refractivity contribution in [2.75, 3.05) is 13.1 Å². The van der Waals surface area contributed by atoms with Crippen LogP contribution in [0.4, 0.5) is 13.2 Å². The molecule has 4 rings (SSSR count). The van der Waals surface area contributed by atoms with Gasteiger partial charge in [0.1, 0.15) is 11.3 Å². The van der Waals surface area contributed by atoms with Crippen LogP contribution in [0.25, 0.3) is 21.9 Å². The van der Waals surface area contributed by atoms with Crippen molar-refractivity contribution in [1.82, 2.24) is 19.9 Å². The van der Waals surface area contributed by atoms with Crippen molar-refractivity contribution in [3.63, 3.8) is 0 Å². The molecular formula is C22H27F3N4. The normalized spacial score (nSPS) is 16.8. The van der Waals surface area contributed by atoms with Crippen molar-refractivity contribution in [1.29, 1.82) is 0 Å². The van der Waals surface area contributed by atoms with Crippen LogP contribution in [0.5, 0.6) is 0 Å². The van der Waals surface area contributed by atoms with Gasteiger partial charge in [-0.1, -0.05) is 39.0 Å². The lowest BCUT2D eigenvalue weighted by atomic mass is 9.93. The first-order chi connectivity index (χ1) is 13.7. The molecule has 0 saturated carbocycles. The molecule has 0 aliphatic carbocycles. The number of imidazole rings is 1. The summed E-state index contributed by atoms with van der Waals surface area (Å²) in [5.74, 6) is 1.27. The first-order valence-corrected chi connectivity index (χ1v) is 10.2. The molecular weight excluding hydrogens is 377 g/mol. The minimum absolute atomic E-state index is 0.0357. The van der Waals surface area contributed by atoms with Crippen LogP contribution >= 0.6 is 0 Å². The molecule has 0 radical (unpaired) electrons. The van der Waals surface area contributed by atoms with Crippen LogP contribution < -0.4 is 5.32 Å². The molecule has 2 aromatic heterocycles. The number of rotatable bonds is 3. The highest BCUT2D eigenvalue weighted by Gasteiger charge is 2.38. The first kappa shape index (κ1) is 20.1. The largest absolute Gasteiger partial charge is 0.435 e. The predicted octanol–water partition coefficient (Wildman–Crippen LogP) is 5.29. The van der Waals surface area contributed by atoms with Gasteiger partial charge in [-0.3, -0.25) is 0 Å². The second-order valence-corrected chi connectivity index (χ2v) is 8.99. The summed E-state index contributed by atoms with van der Waals surface area (Å²) in [7, 11) is 0. The van der Waals surface area contributed by atoms with E-state index in [1.165, 1.54) is 0 Å². The van der Waals surface area contributed by atoms with Gasteiger partial charge in [-0.05, 0) is 44.3 Å². The predicted molar refractivity (Wildman–Crippen MR) is 109 cm³/mol. The van der Waals surface area contributed by atoms with Crippen molar-refractivity contribution < 1.29 is 13.2 Å². The summed E-state index contributed by atoms with van der Waals surface area (Å²) in [5, 5.41) is 4.09. The lowest BCUT2D eigenvalue weighted by Gasteiger charge is -2.25. The van der Waals surface area contributed by atoms with Crippen molar-refractivity contribution in [3.05, 3.63) is 35.8 Å². The quantitative estimate of drug-likeness (QED) is 0.645. The SMILES string of the molecule is CC(C)(C)c1nc2c(C(F)(F)F)nc3ccccc3c2n1CCC1CCNCC1. The standard InChI is InChI=1S/C22H27F3N4/c1-21(2,3)20-28-17-18(29(20)13-10-14-8-11-26-12-9-14)15-6-4-5-7-16(15)27-19(17)22(23,24)25/h4-7,14,26H,8-13H2,1-3H3. The number of alkyl halides is 3. The summed E-state index contributed by atoms with van der Waals surface area (Å²) < 4.78 is 43.5. The van der Waals surface area contributed by atoms with Crippen LogP contribution in [0.15, 0.2) is 24.3 Å². The van der Waals surface area contributed by atoms with Crippen molar-refractivity contribution >= 4 is 21.9 Å². The summed E-state index contributed by atoms with van der Waals surface area (Å²) in [5.41, 5.74) is -0.391. The molecule has 3 aromatic rings. The van der Waals surface area contributed by atoms with E-state index >= 15 is 0 Å². The maximum Gasteiger partial charge on any atom is 0.435 e. The zero-order valence-corrected chi connectivity index (χ0v) is 17.1. The number of hydrogen-bond acceptors (Lipinski definition) is 3. The van der Waals surface area contributed by atoms with Gasteiger partial charge in [0, 0.05) is 17.3 Å². The third-order valence-corrected chi connectivity index (χ3v) is 5.74. The number of piperidine rings is 1. The van der Waals surface area contributed by atoms with Gasteiger partial charge in [0.05, 0.1) is 11.0 Å². The first-order valence-electron chi connectivity index (χ1n) is 10.2. The molecule has 1 aliphatic heterocycles. The molecule has 4 nitrogen and oxygen atoms in total. The summed E-state index contributed by atoms with van der Waals surface area (Å²) in [6, 6.07) is 7.06. The number of aryl methyl sites for hydroxylation is 1. The number of nitrogens with zero attached hydrogens (tertiary/aromatic N) is 3. The summed E-state index contributed by atoms with van der Waals surface area (Å²) in [4.78, 5) is 8.48. The fourth-order valence-corrected chi connectivity index (χ4v) is 4.31. The van der Waals surface area contributed by atoms with E-state index in [2.05, 4.69) is 15.3 Å². The van der Waals surface area contributed by atoms with Gasteiger partial charge in [-0.15, -0.1) is 0 Å². The Kier molecular flexibility index (Phi) is 5.05. The third-order valence-electron chi connectivity index (χ3n) is 5.74. The second-order valence-electron chi connectivity index (χ2n) is 8.99. The lowest BCUT2D eigenvalue weighted by molar-refractivity contribution is -0.139. The Balaban J connectivity index is 1.94. The fourth-order valence-electron chi connectivity index (χ4n) is 4.31. The zero-order valence-electron chi connectivity index (χ0n) is 17.1. The highest BCUT2D eigenvalue weighted by Crippen LogP contribution is 2.38. The molecule has 0 atom stereocenters. The number of para-hydroxylation sites is 1. The van der Waals surface area contributed by atoms with Gasteiger partial charge in [0.2, 0.25) is 0 Å². The topological polar surface area (TPSA) is 42.7 Å². The van der Waals surface area contributed by atoms with E-state index in [9.17, 15) is 13.2 Å². The van der Waals surface area contributed by atoms with E-state index in [1.807, 2.05) is 37.5 Å². The second kappa shape index (κ2) is 7.27. The van der Waals surface area contributed by atoms with Gasteiger partial charge in [0.15, 0.2) is 5.69 Å². The molecule has 7 heteroatoms. The summed E-state index contributed by atoms with van der Waals surface area (Å²) >= 11 is 0. The fraction of sp³-hybridized carbons (Fsp3) is 0.545. The zero-order chi connectivity index (χ0) is 20.8. The molecule has 0 unspecified atom stereocenters. The molecule has 0 amide bonds. The summed E-state index contributed by atoms with van der Waals surface area (Å²) in [6.07, 6.45) is -1.40. The maximum absolute atomic E-state index is 13.8. The Hall–Kier alpha value is -2.15. The van der Waals surface area contributed by atoms with Gasteiger partial charge in [-0.2, -0.15) is 13.2 Å². The number of hydrogen-bond donors (Lipinski definition) is 1. The molecule has 1 saturated heterocycles. The summed E-state index contributed by atoms with van der Waals surface area (Å²) in [6.45, 7) is 8.67. The number of benzene rings is 1. The van der Waals surface area contributed by atoms with Crippen LogP contribution in [0.2, 0.25) is 0 Å². The highest BCUT2D eigenvalue weighted by atomic mass is 19.4. The van der Waals surface area contributed by atoms with E-state index in [0.29, 0.717) is 29.3 Å². The lowest BCUT2D eigenvalue weighted by Crippen LogP contribution is -2.28. The number of fused-ring (bicyclic) bond motifs is 3. The molecule has 1 aromatic carbocycles. The maximum atomic E-state index is 13.8. The van der Waals surface area contributed by atoms with E-state index in [1.54, 1.807) is 12.1 Å². The average Bonchev–Trinajstić information content (AvgIpc) is 3.06. The highest BCUT2D eigenvalue weighted by molar-refractivity contribution is 6.03. The monoisotopic (exact) mass is 404 g/mol. The van der Waals surface area contributed by atoms with Crippen molar-refractivity contribution in [3.8, 4) is 0 Å². The van der Waals surface area contributed by atoms with Crippen LogP contribution in [0.3, 0.4) is 0 Å². The van der Waals surface area contributed by atoms with Crippen molar-refractivity contribution in [2.24, 2.45) is 5.92 Å². The molecule has 0 bridgehead atoms. The van der Waals surface area contributed by atoms with Crippen LogP contribution in [-0.2, 0) is 18.1 Å². The van der Waals surface area contributed by atoms with Crippen LogP contribution in [-0.4, -0.2) is 27.6 Å². The van der Waals surface area contributed by atoms with Crippen LogP contribution in [0.1, 0.15) is 51.6 Å². The van der Waals surface area contributed by atoms with E-state index in [-0.39, 0.29) is 10.9 Å². The van der Waals surface area contributed by atoms with E-state index < -0.39 is 11.9 Å². The molecule has 1 aliphatic rings. The average molecular weight is 404 g/mol. The number of halogens is 3. The van der Waals surface area contributed by atoms with Gasteiger partial charge in [0.25, 0.3) is 0 Å². The molecule has 156 valence electrons. The third kappa shape index (κ3) is 3.84. The molecule has 1 fully saturated rings. The van der Waals surface area contributed by atoms with Gasteiger partial charge >= 0.3 is 6.18 Å². The molecule has 3 heterocycles. The smallest absolute Gasteiger partial charge is 0.327 e. The number of aromatic nitrogens is 3. The molecule has 0 spiro atoms. The molecule has 1 N–H and O–H groups in total. The Morgan fingerprint density at radius 3 is 2.41 bits per heavy atom. The Labute approximate surface area is 168 Å². The minimum atomic E-state index is -4.55. The minimum Gasteiger partial charge on any atom is -0.327 e. The van der Waals surface area contributed by atoms with Gasteiger partial charge < -0.3 is 9.88 Å². The number of nitrogens with one attached hydrogen (secondary N) is 1. The van der Waals surface area contributed by atoms with Gasteiger partial charge in [-0.25, -0.2) is 9.97 Å². The van der Waals surface area contributed by atoms with E-state index in [0.717, 1.165) is 37.7 Å². The Morgan fingerprint density at radius 1 is 1.07 bits per heavy atom. The van der Waals surface area contributed by atoms with E-state index in [4.69, 9.17) is 0 Å². The molecule has 29 heavy (non-hydrogen) atoms. The Morgan fingerprint density at radius 2 is 1.76 bits per heavy atom.